The van der Waals surface area contributed by atoms with Crippen LogP contribution < -0.4 is 0 Å². The van der Waals surface area contributed by atoms with E-state index < -0.39 is 50.9 Å². The van der Waals surface area contributed by atoms with Crippen LogP contribution in [0, 0.1) is 0 Å². The number of phosphoric ester groups is 1. The molecule has 1 fully saturated rings. The van der Waals surface area contributed by atoms with E-state index in [1.54, 1.807) is 24.0 Å². The highest BCUT2D eigenvalue weighted by atomic mass is 31.2. The predicted molar refractivity (Wildman–Crippen MR) is 121 cm³/mol. The molecule has 3 atom stereocenters. The van der Waals surface area contributed by atoms with Gasteiger partial charge in [-0.1, -0.05) is 18.9 Å². The van der Waals surface area contributed by atoms with Gasteiger partial charge in [-0.05, 0) is 25.8 Å². The van der Waals surface area contributed by atoms with Gasteiger partial charge in [-0.25, -0.2) is 4.57 Å². The second-order valence-corrected chi connectivity index (χ2v) is 9.63. The van der Waals surface area contributed by atoms with E-state index >= 15 is 0 Å². The Hall–Kier alpha value is -2.41. The summed E-state index contributed by atoms with van der Waals surface area (Å²) in [6, 6.07) is 2.31. The molecular formula is C21H32N3O10P. The van der Waals surface area contributed by atoms with Gasteiger partial charge in [0.05, 0.1) is 38.5 Å². The summed E-state index contributed by atoms with van der Waals surface area (Å²) >= 11 is 0. The first kappa shape index (κ1) is 28.8. The van der Waals surface area contributed by atoms with E-state index in [2.05, 4.69) is 4.98 Å². The van der Waals surface area contributed by atoms with Gasteiger partial charge in [0.25, 0.3) is 0 Å². The molecule has 0 aromatic carbocycles. The molecule has 14 heteroatoms. The SMILES string of the molecule is CCOP(=O)(O)OCc1cccnc1CN(CC(=O)O)[C@H]1CCCCC1N(CC(=O)O)CC(=O)O. The van der Waals surface area contributed by atoms with Crippen LogP contribution in [0.2, 0.25) is 0 Å². The minimum Gasteiger partial charge on any atom is -0.480 e. The Morgan fingerprint density at radius 2 is 1.54 bits per heavy atom. The molecule has 1 heterocycles. The molecule has 35 heavy (non-hydrogen) atoms. The summed E-state index contributed by atoms with van der Waals surface area (Å²) in [6.45, 7) is -0.0954. The Kier molecular flexibility index (Phi) is 11.2. The molecular weight excluding hydrogens is 485 g/mol. The molecule has 1 aliphatic carbocycles. The standard InChI is InChI=1S/C21H32N3O10P/c1-2-33-35(31,32)34-14-15-6-5-9-22-16(15)10-23(11-19(25)26)17-7-3-4-8-18(17)24(12-20(27)28)13-21(29)30/h5-6,9,17-18H,2-4,7-8,10-14H2,1H3,(H,25,26)(H,27,28)(H,29,30)(H,31,32)/t17-,18?/m0/s1. The molecule has 1 aliphatic rings. The van der Waals surface area contributed by atoms with E-state index in [1.165, 1.54) is 11.1 Å². The zero-order valence-corrected chi connectivity index (χ0v) is 20.4. The molecule has 0 aliphatic heterocycles. The number of rotatable bonds is 15. The van der Waals surface area contributed by atoms with Crippen molar-refractivity contribution in [2.24, 2.45) is 0 Å². The second kappa shape index (κ2) is 13.6. The maximum absolute atomic E-state index is 11.9. The van der Waals surface area contributed by atoms with E-state index in [1.807, 2.05) is 0 Å². The monoisotopic (exact) mass is 517 g/mol. The van der Waals surface area contributed by atoms with Crippen molar-refractivity contribution in [2.45, 2.75) is 57.8 Å². The van der Waals surface area contributed by atoms with Gasteiger partial charge in [-0.15, -0.1) is 0 Å². The summed E-state index contributed by atoms with van der Waals surface area (Å²) in [5, 5.41) is 28.2. The summed E-state index contributed by atoms with van der Waals surface area (Å²) in [5.41, 5.74) is 0.870. The molecule has 0 radical (unpaired) electrons. The van der Waals surface area contributed by atoms with Gasteiger partial charge >= 0.3 is 25.7 Å². The van der Waals surface area contributed by atoms with Gasteiger partial charge in [0.1, 0.15) is 0 Å². The normalized spacial score (nSPS) is 20.0. The van der Waals surface area contributed by atoms with Crippen LogP contribution in [0.5, 0.6) is 0 Å². The smallest absolute Gasteiger partial charge is 0.472 e. The summed E-state index contributed by atoms with van der Waals surface area (Å²) in [5.74, 6) is -3.46. The number of nitrogens with zero attached hydrogens (tertiary/aromatic N) is 3. The summed E-state index contributed by atoms with van der Waals surface area (Å²) in [6.07, 6.45) is 4.08. The van der Waals surface area contributed by atoms with E-state index in [0.29, 0.717) is 24.1 Å². The zero-order valence-electron chi connectivity index (χ0n) is 19.5. The number of pyridine rings is 1. The van der Waals surface area contributed by atoms with E-state index in [4.69, 9.17) is 9.05 Å². The van der Waals surface area contributed by atoms with Crippen LogP contribution in [-0.2, 0) is 41.1 Å². The largest absolute Gasteiger partial charge is 0.480 e. The van der Waals surface area contributed by atoms with Gasteiger partial charge in [0.2, 0.25) is 0 Å². The minimum absolute atomic E-state index is 0.0215. The molecule has 0 saturated heterocycles. The van der Waals surface area contributed by atoms with E-state index in [-0.39, 0.29) is 26.3 Å². The number of carbonyl (C=O) groups is 3. The Morgan fingerprint density at radius 1 is 1.00 bits per heavy atom. The number of carboxylic acids is 3. The molecule has 4 N–H and O–H groups in total. The lowest BCUT2D eigenvalue weighted by Crippen LogP contribution is -2.56. The van der Waals surface area contributed by atoms with Gasteiger partial charge in [0.15, 0.2) is 0 Å². The first-order valence-electron chi connectivity index (χ1n) is 11.2. The molecule has 2 rings (SSSR count). The van der Waals surface area contributed by atoms with Crippen molar-refractivity contribution >= 4 is 25.7 Å². The molecule has 0 amide bonds. The van der Waals surface area contributed by atoms with Crippen molar-refractivity contribution in [1.82, 2.24) is 14.8 Å². The molecule has 0 bridgehead atoms. The first-order valence-corrected chi connectivity index (χ1v) is 12.7. The van der Waals surface area contributed by atoms with Gasteiger partial charge < -0.3 is 20.2 Å². The third-order valence-electron chi connectivity index (χ3n) is 5.66. The molecule has 1 aromatic rings. The Balaban J connectivity index is 2.32. The maximum Gasteiger partial charge on any atom is 0.472 e. The van der Waals surface area contributed by atoms with Gasteiger partial charge in [-0.3, -0.25) is 38.2 Å². The highest BCUT2D eigenvalue weighted by Crippen LogP contribution is 2.44. The fraction of sp³-hybridized carbons (Fsp3) is 0.619. The predicted octanol–water partition coefficient (Wildman–Crippen LogP) is 1.40. The van der Waals surface area contributed by atoms with Crippen LogP contribution in [0.4, 0.5) is 0 Å². The maximum atomic E-state index is 11.9. The Morgan fingerprint density at radius 3 is 2.09 bits per heavy atom. The number of carboxylic acid groups (broad SMARTS) is 3. The van der Waals surface area contributed by atoms with Crippen molar-refractivity contribution in [3.8, 4) is 0 Å². The lowest BCUT2D eigenvalue weighted by molar-refractivity contribution is -0.146. The average molecular weight is 517 g/mol. The average Bonchev–Trinajstić information content (AvgIpc) is 2.76. The van der Waals surface area contributed by atoms with Crippen molar-refractivity contribution in [3.05, 3.63) is 29.6 Å². The Labute approximate surface area is 202 Å². The van der Waals surface area contributed by atoms with E-state index in [9.17, 15) is 39.2 Å². The molecule has 0 spiro atoms. The number of hydrogen-bond acceptors (Lipinski definition) is 9. The van der Waals surface area contributed by atoms with Gasteiger partial charge in [0, 0.05) is 30.4 Å². The Bertz CT molecular complexity index is 914. The van der Waals surface area contributed by atoms with Crippen LogP contribution in [0.3, 0.4) is 0 Å². The third-order valence-corrected chi connectivity index (χ3v) is 6.70. The second-order valence-electron chi connectivity index (χ2n) is 8.18. The van der Waals surface area contributed by atoms with Crippen LogP contribution in [0.1, 0.15) is 43.9 Å². The van der Waals surface area contributed by atoms with Gasteiger partial charge in [-0.2, -0.15) is 0 Å². The number of aliphatic carboxylic acids is 3. The quantitative estimate of drug-likeness (QED) is 0.245. The van der Waals surface area contributed by atoms with Crippen LogP contribution >= 0.6 is 7.82 Å². The summed E-state index contributed by atoms with van der Waals surface area (Å²) < 4.78 is 21.6. The van der Waals surface area contributed by atoms with Crippen LogP contribution in [-0.4, -0.2) is 91.2 Å². The molecule has 1 aromatic heterocycles. The van der Waals surface area contributed by atoms with Crippen LogP contribution in [0.15, 0.2) is 18.3 Å². The van der Waals surface area contributed by atoms with Crippen LogP contribution in [0.25, 0.3) is 0 Å². The van der Waals surface area contributed by atoms with Crippen molar-refractivity contribution < 1.29 is 48.2 Å². The fourth-order valence-corrected chi connectivity index (χ4v) is 5.04. The minimum atomic E-state index is -4.26. The topological polar surface area (TPSA) is 187 Å². The first-order chi connectivity index (χ1) is 16.5. The van der Waals surface area contributed by atoms with Crippen molar-refractivity contribution in [1.29, 1.82) is 0 Å². The molecule has 1 saturated carbocycles. The summed E-state index contributed by atoms with van der Waals surface area (Å²) in [7, 11) is -4.26. The fourth-order valence-electron chi connectivity index (χ4n) is 4.33. The zero-order chi connectivity index (χ0) is 26.0. The lowest BCUT2D eigenvalue weighted by Gasteiger charge is -2.43. The molecule has 13 nitrogen and oxygen atoms in total. The number of aromatic nitrogens is 1. The summed E-state index contributed by atoms with van der Waals surface area (Å²) in [4.78, 5) is 51.5. The third kappa shape index (κ3) is 9.63. The molecule has 196 valence electrons. The van der Waals surface area contributed by atoms with Crippen molar-refractivity contribution in [3.63, 3.8) is 0 Å². The lowest BCUT2D eigenvalue weighted by atomic mass is 9.87. The highest BCUT2D eigenvalue weighted by Gasteiger charge is 2.37. The van der Waals surface area contributed by atoms with Crippen molar-refractivity contribution in [2.75, 3.05) is 26.2 Å². The highest BCUT2D eigenvalue weighted by molar-refractivity contribution is 7.47. The van der Waals surface area contributed by atoms with E-state index in [0.717, 1.165) is 12.8 Å². The number of phosphoric acid groups is 1. The number of hydrogen-bond donors (Lipinski definition) is 4. The molecule has 2 unspecified atom stereocenters.